The molecule has 2 aromatic heterocycles. The van der Waals surface area contributed by atoms with Gasteiger partial charge >= 0.3 is 0 Å². The normalized spacial score (nSPS) is 10.1. The summed E-state index contributed by atoms with van der Waals surface area (Å²) in [6.07, 6.45) is 3.03. The van der Waals surface area contributed by atoms with Gasteiger partial charge in [0, 0.05) is 6.20 Å². The van der Waals surface area contributed by atoms with Crippen LogP contribution in [0.1, 0.15) is 16.1 Å². The Kier molecular flexibility index (Phi) is 3.05. The molecule has 1 N–H and O–H groups in total. The molecular formula is C11H9BrN2O2. The molecule has 0 spiro atoms. The van der Waals surface area contributed by atoms with E-state index in [1.165, 1.54) is 6.26 Å². The van der Waals surface area contributed by atoms with Crippen LogP contribution in [0.25, 0.3) is 0 Å². The molecule has 0 aromatic carbocycles. The van der Waals surface area contributed by atoms with Gasteiger partial charge in [0.25, 0.3) is 5.91 Å². The van der Waals surface area contributed by atoms with Crippen molar-refractivity contribution >= 4 is 27.7 Å². The third-order valence-electron chi connectivity index (χ3n) is 1.98. The number of aryl methyl sites for hydroxylation is 1. The molecule has 0 aliphatic carbocycles. The molecule has 2 rings (SSSR count). The van der Waals surface area contributed by atoms with Crippen molar-refractivity contribution < 1.29 is 9.21 Å². The minimum atomic E-state index is -0.240. The predicted octanol–water partition coefficient (Wildman–Crippen LogP) is 3.00. The number of aromatic nitrogens is 1. The van der Waals surface area contributed by atoms with E-state index < -0.39 is 0 Å². The van der Waals surface area contributed by atoms with E-state index in [0.717, 1.165) is 4.47 Å². The molecule has 0 bridgehead atoms. The van der Waals surface area contributed by atoms with Crippen molar-refractivity contribution in [1.82, 2.24) is 4.98 Å². The average molecular weight is 281 g/mol. The van der Waals surface area contributed by atoms with E-state index in [4.69, 9.17) is 4.42 Å². The van der Waals surface area contributed by atoms with Crippen LogP contribution in [-0.4, -0.2) is 10.9 Å². The van der Waals surface area contributed by atoms with Crippen LogP contribution in [0.3, 0.4) is 0 Å². The highest BCUT2D eigenvalue weighted by molar-refractivity contribution is 9.10. The molecule has 0 fully saturated rings. The van der Waals surface area contributed by atoms with Crippen molar-refractivity contribution in [2.45, 2.75) is 6.92 Å². The molecule has 0 aliphatic rings. The summed E-state index contributed by atoms with van der Waals surface area (Å²) in [5.74, 6) is 0.952. The van der Waals surface area contributed by atoms with Gasteiger partial charge in [0.05, 0.1) is 10.0 Å². The number of anilines is 1. The SMILES string of the molecule is Cc1cc(C(=O)Nc2ncccc2Br)co1. The highest BCUT2D eigenvalue weighted by Gasteiger charge is 2.10. The molecule has 0 radical (unpaired) electrons. The van der Waals surface area contributed by atoms with E-state index in [0.29, 0.717) is 17.1 Å². The van der Waals surface area contributed by atoms with Crippen LogP contribution in [0.15, 0.2) is 39.5 Å². The fraction of sp³-hybridized carbons (Fsp3) is 0.0909. The summed E-state index contributed by atoms with van der Waals surface area (Å²) in [4.78, 5) is 15.8. The quantitative estimate of drug-likeness (QED) is 0.920. The van der Waals surface area contributed by atoms with Crippen molar-refractivity contribution in [2.75, 3.05) is 5.32 Å². The molecule has 0 saturated carbocycles. The Bertz CT molecular complexity index is 522. The minimum absolute atomic E-state index is 0.240. The fourth-order valence-corrected chi connectivity index (χ4v) is 1.57. The standard InChI is InChI=1S/C11H9BrN2O2/c1-7-5-8(6-16-7)11(15)14-10-9(12)3-2-4-13-10/h2-6H,1H3,(H,13,14,15). The molecule has 0 unspecified atom stereocenters. The first kappa shape index (κ1) is 10.9. The first-order valence-electron chi connectivity index (χ1n) is 4.64. The molecule has 1 amide bonds. The number of nitrogens with zero attached hydrogens (tertiary/aromatic N) is 1. The largest absolute Gasteiger partial charge is 0.469 e. The summed E-state index contributed by atoms with van der Waals surface area (Å²) in [7, 11) is 0. The maximum Gasteiger partial charge on any atom is 0.260 e. The third kappa shape index (κ3) is 2.30. The molecule has 5 heteroatoms. The lowest BCUT2D eigenvalue weighted by Crippen LogP contribution is -2.12. The van der Waals surface area contributed by atoms with Gasteiger partial charge in [-0.15, -0.1) is 0 Å². The lowest BCUT2D eigenvalue weighted by atomic mass is 10.3. The second kappa shape index (κ2) is 4.49. The molecule has 4 nitrogen and oxygen atoms in total. The van der Waals surface area contributed by atoms with E-state index in [9.17, 15) is 4.79 Å². The molecule has 0 aliphatic heterocycles. The Hall–Kier alpha value is -1.62. The van der Waals surface area contributed by atoms with Crippen LogP contribution in [-0.2, 0) is 0 Å². The topological polar surface area (TPSA) is 55.1 Å². The van der Waals surface area contributed by atoms with Gasteiger partial charge in [-0.2, -0.15) is 0 Å². The lowest BCUT2D eigenvalue weighted by molar-refractivity contribution is 0.102. The van der Waals surface area contributed by atoms with Crippen molar-refractivity contribution in [3.63, 3.8) is 0 Å². The zero-order valence-electron chi connectivity index (χ0n) is 8.53. The van der Waals surface area contributed by atoms with Crippen LogP contribution in [0.2, 0.25) is 0 Å². The van der Waals surface area contributed by atoms with Crippen molar-refractivity contribution in [3.8, 4) is 0 Å². The molecule has 0 atom stereocenters. The smallest absolute Gasteiger partial charge is 0.260 e. The van der Waals surface area contributed by atoms with Crippen LogP contribution in [0.5, 0.6) is 0 Å². The zero-order valence-corrected chi connectivity index (χ0v) is 10.1. The predicted molar refractivity (Wildman–Crippen MR) is 63.3 cm³/mol. The number of rotatable bonds is 2. The lowest BCUT2D eigenvalue weighted by Gasteiger charge is -2.03. The zero-order chi connectivity index (χ0) is 11.5. The molecule has 2 aromatic rings. The Morgan fingerprint density at radius 2 is 2.38 bits per heavy atom. The second-order valence-corrected chi connectivity index (χ2v) is 4.09. The van der Waals surface area contributed by atoms with E-state index >= 15 is 0 Å². The summed E-state index contributed by atoms with van der Waals surface area (Å²) in [6.45, 7) is 1.79. The van der Waals surface area contributed by atoms with Crippen molar-refractivity contribution in [1.29, 1.82) is 0 Å². The van der Waals surface area contributed by atoms with Crippen molar-refractivity contribution in [3.05, 3.63) is 46.5 Å². The number of pyridine rings is 1. The Balaban J connectivity index is 2.17. The van der Waals surface area contributed by atoms with Crippen LogP contribution in [0, 0.1) is 6.92 Å². The highest BCUT2D eigenvalue weighted by Crippen LogP contribution is 2.19. The van der Waals surface area contributed by atoms with Gasteiger partial charge in [0.15, 0.2) is 0 Å². The maximum atomic E-state index is 11.7. The molecular weight excluding hydrogens is 272 g/mol. The highest BCUT2D eigenvalue weighted by atomic mass is 79.9. The Labute approximate surface area is 101 Å². The second-order valence-electron chi connectivity index (χ2n) is 3.23. The Morgan fingerprint density at radius 3 is 3.00 bits per heavy atom. The summed E-state index contributed by atoms with van der Waals surface area (Å²) in [5.41, 5.74) is 0.482. The summed E-state index contributed by atoms with van der Waals surface area (Å²) in [6, 6.07) is 5.26. The number of amides is 1. The molecule has 16 heavy (non-hydrogen) atoms. The maximum absolute atomic E-state index is 11.7. The van der Waals surface area contributed by atoms with E-state index in [-0.39, 0.29) is 5.91 Å². The fourth-order valence-electron chi connectivity index (χ4n) is 1.22. The summed E-state index contributed by atoms with van der Waals surface area (Å²) in [5, 5.41) is 2.68. The number of nitrogens with one attached hydrogen (secondary N) is 1. The molecule has 2 heterocycles. The number of carbonyl (C=O) groups is 1. The van der Waals surface area contributed by atoms with Crippen molar-refractivity contribution in [2.24, 2.45) is 0 Å². The van der Waals surface area contributed by atoms with Gasteiger partial charge in [-0.3, -0.25) is 4.79 Å². The van der Waals surface area contributed by atoms with Crippen LogP contribution < -0.4 is 5.32 Å². The van der Waals surface area contributed by atoms with E-state index in [2.05, 4.69) is 26.2 Å². The Morgan fingerprint density at radius 1 is 1.56 bits per heavy atom. The van der Waals surface area contributed by atoms with Gasteiger partial charge in [0.2, 0.25) is 0 Å². The van der Waals surface area contributed by atoms with Gasteiger partial charge in [0.1, 0.15) is 17.8 Å². The monoisotopic (exact) mass is 280 g/mol. The van der Waals surface area contributed by atoms with Gasteiger partial charge < -0.3 is 9.73 Å². The third-order valence-corrected chi connectivity index (χ3v) is 2.62. The first-order valence-corrected chi connectivity index (χ1v) is 5.43. The number of furan rings is 1. The number of halogens is 1. The number of hydrogen-bond acceptors (Lipinski definition) is 3. The number of hydrogen-bond donors (Lipinski definition) is 1. The van der Waals surface area contributed by atoms with Gasteiger partial charge in [-0.1, -0.05) is 0 Å². The summed E-state index contributed by atoms with van der Waals surface area (Å²) >= 11 is 3.30. The average Bonchev–Trinajstić information content (AvgIpc) is 2.68. The van der Waals surface area contributed by atoms with Gasteiger partial charge in [-0.05, 0) is 41.1 Å². The first-order chi connectivity index (χ1) is 7.66. The van der Waals surface area contributed by atoms with Gasteiger partial charge in [-0.25, -0.2) is 4.98 Å². The summed E-state index contributed by atoms with van der Waals surface area (Å²) < 4.78 is 5.80. The molecule has 0 saturated heterocycles. The van der Waals surface area contributed by atoms with Crippen LogP contribution >= 0.6 is 15.9 Å². The number of carbonyl (C=O) groups excluding carboxylic acids is 1. The van der Waals surface area contributed by atoms with E-state index in [1.54, 1.807) is 25.3 Å². The van der Waals surface area contributed by atoms with Crippen LogP contribution in [0.4, 0.5) is 5.82 Å². The van der Waals surface area contributed by atoms with E-state index in [1.807, 2.05) is 6.07 Å². The minimum Gasteiger partial charge on any atom is -0.469 e. The molecule has 82 valence electrons.